The summed E-state index contributed by atoms with van der Waals surface area (Å²) in [7, 11) is 1.88. The summed E-state index contributed by atoms with van der Waals surface area (Å²) in [5.74, 6) is -0.0214. The number of aromatic nitrogens is 2. The molecule has 0 spiro atoms. The lowest BCUT2D eigenvalue weighted by Crippen LogP contribution is -2.17. The van der Waals surface area contributed by atoms with Crippen LogP contribution in [0.15, 0.2) is 30.5 Å². The molecule has 1 atom stereocenters. The third kappa shape index (κ3) is 4.04. The Hall–Kier alpha value is -1.88. The van der Waals surface area contributed by atoms with Crippen LogP contribution in [0.1, 0.15) is 31.1 Å². The quantitative estimate of drug-likeness (QED) is 0.852. The predicted molar refractivity (Wildman–Crippen MR) is 80.9 cm³/mol. The number of aryl methyl sites for hydroxylation is 1. The van der Waals surface area contributed by atoms with E-state index in [1.807, 2.05) is 33.0 Å². The minimum Gasteiger partial charge on any atom is -0.490 e. The van der Waals surface area contributed by atoms with Gasteiger partial charge in [-0.15, -0.1) is 0 Å². The van der Waals surface area contributed by atoms with E-state index < -0.39 is 0 Å². The molecule has 2 rings (SSSR count). The zero-order valence-electron chi connectivity index (χ0n) is 12.8. The highest BCUT2D eigenvalue weighted by Gasteiger charge is 2.09. The first-order valence-electron chi connectivity index (χ1n) is 7.24. The lowest BCUT2D eigenvalue weighted by molar-refractivity contribution is 0.302. The second-order valence-electron chi connectivity index (χ2n) is 5.01. The topological polar surface area (TPSA) is 39.1 Å². The van der Waals surface area contributed by atoms with Gasteiger partial charge in [0.25, 0.3) is 0 Å². The summed E-state index contributed by atoms with van der Waals surface area (Å²) in [6.45, 7) is 5.33. The second kappa shape index (κ2) is 7.22. The van der Waals surface area contributed by atoms with Crippen molar-refractivity contribution in [3.05, 3.63) is 47.5 Å². The molecule has 4 nitrogen and oxygen atoms in total. The SMILES string of the molecule is CCNC(C)c1ccc(OCCc2ccnn2C)c(F)c1. The molecule has 0 aliphatic carbocycles. The van der Waals surface area contributed by atoms with Gasteiger partial charge in [-0.2, -0.15) is 5.10 Å². The summed E-state index contributed by atoms with van der Waals surface area (Å²) in [6.07, 6.45) is 2.44. The molecular formula is C16H22FN3O. The fraction of sp³-hybridized carbons (Fsp3) is 0.438. The Bertz CT molecular complexity index is 583. The maximum absolute atomic E-state index is 14.0. The first-order chi connectivity index (χ1) is 10.1. The van der Waals surface area contributed by atoms with Crippen molar-refractivity contribution in [2.75, 3.05) is 13.2 Å². The number of hydrogen-bond donors (Lipinski definition) is 1. The molecule has 1 unspecified atom stereocenters. The molecule has 0 saturated carbocycles. The van der Waals surface area contributed by atoms with Gasteiger partial charge in [0.15, 0.2) is 11.6 Å². The fourth-order valence-electron chi connectivity index (χ4n) is 2.24. The van der Waals surface area contributed by atoms with Gasteiger partial charge in [0.1, 0.15) is 0 Å². The number of halogens is 1. The minimum atomic E-state index is -0.317. The number of nitrogens with zero attached hydrogens (tertiary/aromatic N) is 2. The standard InChI is InChI=1S/C16H22FN3O/c1-4-18-12(2)13-5-6-16(15(17)11-13)21-10-8-14-7-9-19-20(14)3/h5-7,9,11-12,18H,4,8,10H2,1-3H3. The van der Waals surface area contributed by atoms with Crippen LogP contribution in [-0.2, 0) is 13.5 Å². The van der Waals surface area contributed by atoms with Crippen LogP contribution in [0.4, 0.5) is 4.39 Å². The van der Waals surface area contributed by atoms with Gasteiger partial charge in [0.05, 0.1) is 6.61 Å². The smallest absolute Gasteiger partial charge is 0.165 e. The highest BCUT2D eigenvalue weighted by atomic mass is 19.1. The molecule has 21 heavy (non-hydrogen) atoms. The summed E-state index contributed by atoms with van der Waals surface area (Å²) in [5, 5.41) is 7.35. The number of hydrogen-bond acceptors (Lipinski definition) is 3. The molecule has 0 aliphatic rings. The third-order valence-corrected chi connectivity index (χ3v) is 3.50. The first kappa shape index (κ1) is 15.5. The zero-order chi connectivity index (χ0) is 15.2. The average molecular weight is 291 g/mol. The van der Waals surface area contributed by atoms with Crippen LogP contribution in [0.5, 0.6) is 5.75 Å². The van der Waals surface area contributed by atoms with E-state index in [2.05, 4.69) is 10.4 Å². The molecule has 1 aromatic carbocycles. The zero-order valence-corrected chi connectivity index (χ0v) is 12.8. The van der Waals surface area contributed by atoms with Crippen molar-refractivity contribution in [1.82, 2.24) is 15.1 Å². The Morgan fingerprint density at radius 3 is 2.81 bits per heavy atom. The van der Waals surface area contributed by atoms with E-state index in [0.717, 1.165) is 17.8 Å². The summed E-state index contributed by atoms with van der Waals surface area (Å²) >= 11 is 0. The molecule has 114 valence electrons. The second-order valence-corrected chi connectivity index (χ2v) is 5.01. The Morgan fingerprint density at radius 1 is 1.38 bits per heavy atom. The van der Waals surface area contributed by atoms with Gasteiger partial charge in [-0.1, -0.05) is 13.0 Å². The molecule has 1 heterocycles. The monoisotopic (exact) mass is 291 g/mol. The number of benzene rings is 1. The van der Waals surface area contributed by atoms with Crippen molar-refractivity contribution < 1.29 is 9.13 Å². The fourth-order valence-corrected chi connectivity index (χ4v) is 2.24. The van der Waals surface area contributed by atoms with Crippen LogP contribution in [0.2, 0.25) is 0 Å². The van der Waals surface area contributed by atoms with E-state index in [4.69, 9.17) is 4.74 Å². The molecule has 2 aromatic rings. The van der Waals surface area contributed by atoms with Gasteiger partial charge in [-0.25, -0.2) is 4.39 Å². The Labute approximate surface area is 124 Å². The van der Waals surface area contributed by atoms with Crippen LogP contribution in [0, 0.1) is 5.82 Å². The maximum atomic E-state index is 14.0. The molecular weight excluding hydrogens is 269 g/mol. The van der Waals surface area contributed by atoms with E-state index in [9.17, 15) is 4.39 Å². The van der Waals surface area contributed by atoms with Crippen LogP contribution in [0.3, 0.4) is 0 Å². The summed E-state index contributed by atoms with van der Waals surface area (Å²) < 4.78 is 21.3. The lowest BCUT2D eigenvalue weighted by Gasteiger charge is -2.14. The number of ether oxygens (including phenoxy) is 1. The van der Waals surface area contributed by atoms with Gasteiger partial charge in [-0.3, -0.25) is 4.68 Å². The molecule has 0 aliphatic heterocycles. The Morgan fingerprint density at radius 2 is 2.19 bits per heavy atom. The van der Waals surface area contributed by atoms with Gasteiger partial charge in [0, 0.05) is 31.4 Å². The third-order valence-electron chi connectivity index (χ3n) is 3.50. The van der Waals surface area contributed by atoms with Crippen LogP contribution in [-0.4, -0.2) is 22.9 Å². The summed E-state index contributed by atoms with van der Waals surface area (Å²) in [6, 6.07) is 7.19. The van der Waals surface area contributed by atoms with Crippen molar-refractivity contribution in [1.29, 1.82) is 0 Å². The van der Waals surface area contributed by atoms with Gasteiger partial charge >= 0.3 is 0 Å². The average Bonchev–Trinajstić information content (AvgIpc) is 2.86. The van der Waals surface area contributed by atoms with Gasteiger partial charge in [0.2, 0.25) is 0 Å². The highest BCUT2D eigenvalue weighted by molar-refractivity contribution is 5.31. The molecule has 0 bridgehead atoms. The minimum absolute atomic E-state index is 0.132. The maximum Gasteiger partial charge on any atom is 0.165 e. The first-order valence-corrected chi connectivity index (χ1v) is 7.24. The van der Waals surface area contributed by atoms with E-state index >= 15 is 0 Å². The van der Waals surface area contributed by atoms with Crippen molar-refractivity contribution in [2.24, 2.45) is 7.05 Å². The molecule has 0 radical (unpaired) electrons. The van der Waals surface area contributed by atoms with Crippen molar-refractivity contribution in [3.63, 3.8) is 0 Å². The molecule has 0 fully saturated rings. The van der Waals surface area contributed by atoms with Crippen LogP contribution >= 0.6 is 0 Å². The van der Waals surface area contributed by atoms with E-state index in [1.165, 1.54) is 6.07 Å². The summed E-state index contributed by atoms with van der Waals surface area (Å²) in [5.41, 5.74) is 1.99. The number of nitrogens with one attached hydrogen (secondary N) is 1. The molecule has 1 N–H and O–H groups in total. The Kier molecular flexibility index (Phi) is 5.33. The van der Waals surface area contributed by atoms with E-state index in [1.54, 1.807) is 16.9 Å². The number of rotatable bonds is 7. The van der Waals surface area contributed by atoms with Gasteiger partial charge < -0.3 is 10.1 Å². The van der Waals surface area contributed by atoms with Crippen molar-refractivity contribution in [3.8, 4) is 5.75 Å². The van der Waals surface area contributed by atoms with Crippen molar-refractivity contribution >= 4 is 0 Å². The largest absolute Gasteiger partial charge is 0.490 e. The van der Waals surface area contributed by atoms with Crippen LogP contribution < -0.4 is 10.1 Å². The molecule has 1 aromatic heterocycles. The summed E-state index contributed by atoms with van der Waals surface area (Å²) in [4.78, 5) is 0. The Balaban J connectivity index is 1.93. The molecule has 0 saturated heterocycles. The highest BCUT2D eigenvalue weighted by Crippen LogP contribution is 2.22. The van der Waals surface area contributed by atoms with Crippen molar-refractivity contribution in [2.45, 2.75) is 26.3 Å². The lowest BCUT2D eigenvalue weighted by atomic mass is 10.1. The predicted octanol–water partition coefficient (Wildman–Crippen LogP) is 2.85. The normalized spacial score (nSPS) is 12.4. The molecule has 0 amide bonds. The van der Waals surface area contributed by atoms with E-state index in [0.29, 0.717) is 18.8 Å². The molecule has 5 heteroatoms. The van der Waals surface area contributed by atoms with E-state index in [-0.39, 0.29) is 11.9 Å². The van der Waals surface area contributed by atoms with Gasteiger partial charge in [-0.05, 0) is 37.2 Å². The van der Waals surface area contributed by atoms with Crippen LogP contribution in [0.25, 0.3) is 0 Å².